The summed E-state index contributed by atoms with van der Waals surface area (Å²) in [6.45, 7) is 1.35. The predicted octanol–water partition coefficient (Wildman–Crippen LogP) is 4.78. The second-order valence-electron chi connectivity index (χ2n) is 8.32. The summed E-state index contributed by atoms with van der Waals surface area (Å²) in [4.78, 5) is 9.18. The van der Waals surface area contributed by atoms with Crippen molar-refractivity contribution in [3.63, 3.8) is 0 Å². The zero-order valence-electron chi connectivity index (χ0n) is 18.4. The number of aromatic nitrogens is 3. The summed E-state index contributed by atoms with van der Waals surface area (Å²) in [5.74, 6) is 0.611. The van der Waals surface area contributed by atoms with Crippen LogP contribution in [-0.2, 0) is 14.6 Å². The van der Waals surface area contributed by atoms with E-state index in [2.05, 4.69) is 42.6 Å². The average Bonchev–Trinajstić information content (AvgIpc) is 3.13. The maximum absolute atomic E-state index is 12.9. The summed E-state index contributed by atoms with van der Waals surface area (Å²) in [6.07, 6.45) is 6.07. The molecule has 1 saturated heterocycles. The lowest BCUT2D eigenvalue weighted by atomic mass is 9.86. The van der Waals surface area contributed by atoms with E-state index in [1.165, 1.54) is 19.6 Å². The third kappa shape index (κ3) is 3.92. The number of benzene rings is 1. The zero-order valence-corrected chi connectivity index (χ0v) is 20.8. The maximum atomic E-state index is 12.9. The molecular weight excluding hydrogens is 506 g/mol. The molecule has 4 heterocycles. The first-order valence-electron chi connectivity index (χ1n) is 10.7. The Morgan fingerprint density at radius 2 is 1.88 bits per heavy atom. The van der Waals surface area contributed by atoms with Gasteiger partial charge in [-0.3, -0.25) is 4.98 Å². The number of ether oxygens (including phenoxy) is 2. The van der Waals surface area contributed by atoms with Gasteiger partial charge in [0, 0.05) is 30.1 Å². The molecule has 1 fully saturated rings. The van der Waals surface area contributed by atoms with Crippen molar-refractivity contribution in [1.82, 2.24) is 14.5 Å². The number of rotatable bonds is 5. The van der Waals surface area contributed by atoms with Gasteiger partial charge in [0.1, 0.15) is 10.4 Å². The number of hydrogen-bond donors (Lipinski definition) is 0. The molecule has 0 bridgehead atoms. The van der Waals surface area contributed by atoms with E-state index in [1.807, 2.05) is 24.3 Å². The first kappa shape index (κ1) is 22.3. The molecule has 0 amide bonds. The Morgan fingerprint density at radius 1 is 1.15 bits per heavy atom. The molecule has 9 heteroatoms. The van der Waals surface area contributed by atoms with E-state index in [0.29, 0.717) is 35.5 Å². The molecule has 0 aliphatic carbocycles. The first-order valence-corrected chi connectivity index (χ1v) is 13.4. The summed E-state index contributed by atoms with van der Waals surface area (Å²) in [6, 6.07) is 12.1. The largest absolute Gasteiger partial charge is 0.480 e. The van der Waals surface area contributed by atoms with Crippen LogP contribution in [0.3, 0.4) is 0 Å². The zero-order chi connectivity index (χ0) is 23.2. The van der Waals surface area contributed by atoms with Gasteiger partial charge in [-0.2, -0.15) is 0 Å². The molecule has 1 aromatic carbocycles. The average molecular weight is 530 g/mol. The Kier molecular flexibility index (Phi) is 5.88. The van der Waals surface area contributed by atoms with Crippen molar-refractivity contribution in [2.75, 3.05) is 26.6 Å². The molecule has 0 saturated carbocycles. The highest BCUT2D eigenvalue weighted by Gasteiger charge is 2.33. The molecule has 33 heavy (non-hydrogen) atoms. The van der Waals surface area contributed by atoms with Crippen molar-refractivity contribution in [3.8, 4) is 5.88 Å². The van der Waals surface area contributed by atoms with Crippen LogP contribution in [0.1, 0.15) is 24.4 Å². The molecule has 0 spiro atoms. The molecule has 0 unspecified atom stereocenters. The highest BCUT2D eigenvalue weighted by molar-refractivity contribution is 9.10. The molecule has 1 aliphatic heterocycles. The Labute approximate surface area is 200 Å². The minimum atomic E-state index is -3.58. The van der Waals surface area contributed by atoms with Crippen molar-refractivity contribution in [1.29, 1.82) is 0 Å². The number of sulfone groups is 1. The highest BCUT2D eigenvalue weighted by atomic mass is 79.9. The van der Waals surface area contributed by atoms with E-state index < -0.39 is 9.84 Å². The number of fused-ring (bicyclic) bond motifs is 3. The van der Waals surface area contributed by atoms with Crippen LogP contribution in [-0.4, -0.2) is 49.5 Å². The third-order valence-electron chi connectivity index (χ3n) is 6.28. The Bertz CT molecular complexity index is 1430. The second kappa shape index (κ2) is 8.70. The van der Waals surface area contributed by atoms with E-state index in [4.69, 9.17) is 9.47 Å². The van der Waals surface area contributed by atoms with Crippen LogP contribution in [0.25, 0.3) is 21.9 Å². The fourth-order valence-corrected chi connectivity index (χ4v) is 5.99. The minimum Gasteiger partial charge on any atom is -0.480 e. The van der Waals surface area contributed by atoms with Gasteiger partial charge in [-0.25, -0.2) is 13.4 Å². The Morgan fingerprint density at radius 3 is 2.55 bits per heavy atom. The predicted molar refractivity (Wildman–Crippen MR) is 131 cm³/mol. The SMILES string of the molecule is COc1ncc(S(C)(=O)=O)c2c1c1ncc(Br)cc1n2[C@H](c1ccccc1)C1CCOCC1. The van der Waals surface area contributed by atoms with E-state index in [0.717, 1.165) is 28.4 Å². The van der Waals surface area contributed by atoms with Gasteiger partial charge in [0.25, 0.3) is 0 Å². The molecule has 172 valence electrons. The van der Waals surface area contributed by atoms with E-state index >= 15 is 0 Å². The quantitative estimate of drug-likeness (QED) is 0.370. The molecule has 1 atom stereocenters. The summed E-state index contributed by atoms with van der Waals surface area (Å²) in [7, 11) is -2.05. The standard InChI is InChI=1S/C24H24BrN3O4S/c1-31-24-20-21-18(12-17(25)13-26-21)28(23(20)19(14-27-24)33(2,29)30)22(15-6-4-3-5-7-15)16-8-10-32-11-9-16/h3-7,12-14,16,22H,8-11H2,1-2H3/t22-/m1/s1. The molecule has 5 rings (SSSR count). The van der Waals surface area contributed by atoms with Gasteiger partial charge >= 0.3 is 0 Å². The fraction of sp³-hybridized carbons (Fsp3) is 0.333. The normalized spacial score (nSPS) is 16.3. The molecule has 4 aromatic rings. The van der Waals surface area contributed by atoms with Gasteiger partial charge in [0.2, 0.25) is 5.88 Å². The number of nitrogens with zero attached hydrogens (tertiary/aromatic N) is 3. The number of pyridine rings is 2. The van der Waals surface area contributed by atoms with Gasteiger partial charge in [-0.05, 0) is 46.3 Å². The summed E-state index contributed by atoms with van der Waals surface area (Å²) < 4.78 is 40.1. The number of hydrogen-bond acceptors (Lipinski definition) is 6. The van der Waals surface area contributed by atoms with Crippen LogP contribution in [0, 0.1) is 5.92 Å². The second-order valence-corrected chi connectivity index (χ2v) is 11.2. The molecule has 3 aromatic heterocycles. The maximum Gasteiger partial charge on any atom is 0.224 e. The van der Waals surface area contributed by atoms with Crippen molar-refractivity contribution in [2.45, 2.75) is 23.8 Å². The number of halogens is 1. The van der Waals surface area contributed by atoms with E-state index in [9.17, 15) is 8.42 Å². The lowest BCUT2D eigenvalue weighted by Crippen LogP contribution is -2.27. The van der Waals surface area contributed by atoms with Crippen LogP contribution in [0.2, 0.25) is 0 Å². The third-order valence-corrected chi connectivity index (χ3v) is 7.81. The molecule has 0 radical (unpaired) electrons. The molecular formula is C24H24BrN3O4S. The van der Waals surface area contributed by atoms with Gasteiger partial charge in [0.15, 0.2) is 9.84 Å². The molecule has 7 nitrogen and oxygen atoms in total. The smallest absolute Gasteiger partial charge is 0.224 e. The molecule has 1 aliphatic rings. The van der Waals surface area contributed by atoms with Gasteiger partial charge in [0.05, 0.1) is 35.8 Å². The van der Waals surface area contributed by atoms with E-state index in [1.54, 1.807) is 6.20 Å². The van der Waals surface area contributed by atoms with Crippen molar-refractivity contribution in [3.05, 3.63) is 58.8 Å². The van der Waals surface area contributed by atoms with Gasteiger partial charge < -0.3 is 14.0 Å². The Hall–Kier alpha value is -2.49. The lowest BCUT2D eigenvalue weighted by Gasteiger charge is -2.33. The Balaban J connectivity index is 1.97. The van der Waals surface area contributed by atoms with Crippen LogP contribution in [0.4, 0.5) is 0 Å². The molecule has 0 N–H and O–H groups in total. The van der Waals surface area contributed by atoms with Crippen molar-refractivity contribution in [2.24, 2.45) is 5.92 Å². The first-order chi connectivity index (χ1) is 15.9. The van der Waals surface area contributed by atoms with Crippen molar-refractivity contribution >= 4 is 47.7 Å². The number of methoxy groups -OCH3 is 1. The van der Waals surface area contributed by atoms with Crippen LogP contribution in [0.5, 0.6) is 5.88 Å². The van der Waals surface area contributed by atoms with Crippen molar-refractivity contribution < 1.29 is 17.9 Å². The summed E-state index contributed by atoms with van der Waals surface area (Å²) in [5, 5.41) is 0.607. The summed E-state index contributed by atoms with van der Waals surface area (Å²) in [5.41, 5.74) is 3.18. The van der Waals surface area contributed by atoms with Crippen LogP contribution in [0.15, 0.2) is 58.2 Å². The highest BCUT2D eigenvalue weighted by Crippen LogP contribution is 2.44. The van der Waals surface area contributed by atoms with Crippen LogP contribution >= 0.6 is 15.9 Å². The van der Waals surface area contributed by atoms with Gasteiger partial charge in [-0.15, -0.1) is 0 Å². The minimum absolute atomic E-state index is 0.112. The van der Waals surface area contributed by atoms with Crippen LogP contribution < -0.4 is 4.74 Å². The fourth-order valence-electron chi connectivity index (χ4n) is 4.87. The van der Waals surface area contributed by atoms with E-state index in [-0.39, 0.29) is 16.9 Å². The lowest BCUT2D eigenvalue weighted by molar-refractivity contribution is 0.0552. The monoisotopic (exact) mass is 529 g/mol. The van der Waals surface area contributed by atoms with Gasteiger partial charge in [-0.1, -0.05) is 30.3 Å². The topological polar surface area (TPSA) is 83.3 Å². The summed E-state index contributed by atoms with van der Waals surface area (Å²) >= 11 is 3.56.